The van der Waals surface area contributed by atoms with Crippen LogP contribution in [0.4, 0.5) is 5.69 Å². The van der Waals surface area contributed by atoms with Gasteiger partial charge in [-0.1, -0.05) is 46.6 Å². The van der Waals surface area contributed by atoms with Crippen molar-refractivity contribution in [2.24, 2.45) is 0 Å². The Balaban J connectivity index is 2.04. The number of hydrogen-bond donors (Lipinski definition) is 1. The van der Waals surface area contributed by atoms with Gasteiger partial charge in [-0.05, 0) is 61.2 Å². The van der Waals surface area contributed by atoms with Crippen LogP contribution in [0.5, 0.6) is 0 Å². The monoisotopic (exact) mass is 351 g/mol. The van der Waals surface area contributed by atoms with Gasteiger partial charge in [0.05, 0.1) is 0 Å². The summed E-state index contributed by atoms with van der Waals surface area (Å²) in [4.78, 5) is 0. The summed E-state index contributed by atoms with van der Waals surface area (Å²) < 4.78 is 1.13. The first-order valence-corrected chi connectivity index (χ1v) is 8.05. The molecule has 2 aromatic carbocycles. The predicted molar refractivity (Wildman–Crippen MR) is 91.8 cm³/mol. The number of anilines is 1. The van der Waals surface area contributed by atoms with Crippen LogP contribution in [0.2, 0.25) is 5.02 Å². The molecule has 0 radical (unpaired) electrons. The molecule has 0 saturated carbocycles. The third kappa shape index (κ3) is 4.26. The van der Waals surface area contributed by atoms with Gasteiger partial charge >= 0.3 is 0 Å². The second-order valence-corrected chi connectivity index (χ2v) is 6.38. The van der Waals surface area contributed by atoms with E-state index in [2.05, 4.69) is 65.4 Å². The predicted octanol–water partition coefficient (Wildman–Crippen LogP) is 5.71. The standard InChI is InChI=1S/C17H19BrClN/c1-3-14-11-15(18)6-9-17(14)20-12(2)10-13-4-7-16(19)8-5-13/h4-9,11-12,20H,3,10H2,1-2H3. The van der Waals surface area contributed by atoms with E-state index >= 15 is 0 Å². The topological polar surface area (TPSA) is 12.0 Å². The molecule has 3 heteroatoms. The Bertz CT molecular complexity index is 566. The molecule has 1 nitrogen and oxygen atoms in total. The van der Waals surface area contributed by atoms with Crippen molar-refractivity contribution in [3.63, 3.8) is 0 Å². The molecular weight excluding hydrogens is 334 g/mol. The summed E-state index contributed by atoms with van der Waals surface area (Å²) in [6.45, 7) is 4.38. The van der Waals surface area contributed by atoms with Crippen LogP contribution in [0, 0.1) is 0 Å². The van der Waals surface area contributed by atoms with Crippen LogP contribution in [0.1, 0.15) is 25.0 Å². The molecule has 20 heavy (non-hydrogen) atoms. The molecule has 0 heterocycles. The minimum Gasteiger partial charge on any atom is -0.382 e. The van der Waals surface area contributed by atoms with Crippen LogP contribution >= 0.6 is 27.5 Å². The summed E-state index contributed by atoms with van der Waals surface area (Å²) in [5.74, 6) is 0. The first kappa shape index (κ1) is 15.4. The zero-order valence-corrected chi connectivity index (χ0v) is 14.1. The minimum atomic E-state index is 0.377. The molecule has 0 saturated heterocycles. The summed E-state index contributed by atoms with van der Waals surface area (Å²) in [5.41, 5.74) is 3.85. The van der Waals surface area contributed by atoms with Gasteiger partial charge in [0.2, 0.25) is 0 Å². The van der Waals surface area contributed by atoms with Gasteiger partial charge in [-0.15, -0.1) is 0 Å². The van der Waals surface area contributed by atoms with Gasteiger partial charge < -0.3 is 5.32 Å². The number of hydrogen-bond acceptors (Lipinski definition) is 1. The van der Waals surface area contributed by atoms with Crippen molar-refractivity contribution in [1.29, 1.82) is 0 Å². The third-order valence-corrected chi connectivity index (χ3v) is 4.05. The molecule has 0 fully saturated rings. The Hall–Kier alpha value is -0.990. The van der Waals surface area contributed by atoms with E-state index in [9.17, 15) is 0 Å². The van der Waals surface area contributed by atoms with Gasteiger partial charge in [-0.3, -0.25) is 0 Å². The smallest absolute Gasteiger partial charge is 0.0406 e. The Morgan fingerprint density at radius 1 is 1.15 bits per heavy atom. The SMILES string of the molecule is CCc1cc(Br)ccc1NC(C)Cc1ccc(Cl)cc1. The van der Waals surface area contributed by atoms with Crippen molar-refractivity contribution in [3.05, 3.63) is 63.1 Å². The van der Waals surface area contributed by atoms with E-state index in [1.165, 1.54) is 16.8 Å². The van der Waals surface area contributed by atoms with Gasteiger partial charge in [-0.2, -0.15) is 0 Å². The van der Waals surface area contributed by atoms with E-state index in [0.717, 1.165) is 22.3 Å². The van der Waals surface area contributed by atoms with Crippen LogP contribution in [0.25, 0.3) is 0 Å². The quantitative estimate of drug-likeness (QED) is 0.727. The lowest BCUT2D eigenvalue weighted by molar-refractivity contribution is 0.788. The largest absolute Gasteiger partial charge is 0.382 e. The Labute approximate surface area is 134 Å². The Kier molecular flexibility index (Phi) is 5.50. The van der Waals surface area contributed by atoms with Crippen molar-refractivity contribution >= 4 is 33.2 Å². The summed E-state index contributed by atoms with van der Waals surface area (Å²) in [7, 11) is 0. The highest BCUT2D eigenvalue weighted by atomic mass is 79.9. The molecule has 1 atom stereocenters. The molecule has 0 bridgehead atoms. The maximum Gasteiger partial charge on any atom is 0.0406 e. The molecule has 0 aliphatic heterocycles. The molecule has 106 valence electrons. The fraction of sp³-hybridized carbons (Fsp3) is 0.294. The fourth-order valence-electron chi connectivity index (χ4n) is 2.29. The lowest BCUT2D eigenvalue weighted by Gasteiger charge is -2.18. The van der Waals surface area contributed by atoms with Crippen molar-refractivity contribution in [2.75, 3.05) is 5.32 Å². The second kappa shape index (κ2) is 7.14. The molecule has 2 rings (SSSR count). The van der Waals surface area contributed by atoms with Crippen molar-refractivity contribution in [2.45, 2.75) is 32.7 Å². The Morgan fingerprint density at radius 2 is 1.85 bits per heavy atom. The first-order chi connectivity index (χ1) is 9.58. The second-order valence-electron chi connectivity index (χ2n) is 5.03. The molecule has 0 aliphatic rings. The van der Waals surface area contributed by atoms with E-state index in [1.807, 2.05) is 12.1 Å². The normalized spacial score (nSPS) is 12.2. The summed E-state index contributed by atoms with van der Waals surface area (Å²) >= 11 is 9.44. The molecule has 1 unspecified atom stereocenters. The molecule has 1 N–H and O–H groups in total. The molecular formula is C17H19BrClN. The molecule has 0 aliphatic carbocycles. The van der Waals surface area contributed by atoms with Gasteiger partial charge in [-0.25, -0.2) is 0 Å². The van der Waals surface area contributed by atoms with Gasteiger partial charge in [0.15, 0.2) is 0 Å². The van der Waals surface area contributed by atoms with Crippen molar-refractivity contribution in [3.8, 4) is 0 Å². The highest BCUT2D eigenvalue weighted by molar-refractivity contribution is 9.10. The number of halogens is 2. The van der Waals surface area contributed by atoms with Crippen LogP contribution in [-0.4, -0.2) is 6.04 Å². The average Bonchev–Trinajstić information content (AvgIpc) is 2.43. The van der Waals surface area contributed by atoms with Crippen LogP contribution < -0.4 is 5.32 Å². The summed E-state index contributed by atoms with van der Waals surface area (Å²) in [5, 5.41) is 4.39. The zero-order chi connectivity index (χ0) is 14.5. The molecule has 0 amide bonds. The summed E-state index contributed by atoms with van der Waals surface area (Å²) in [6.07, 6.45) is 2.01. The van der Waals surface area contributed by atoms with Crippen LogP contribution in [0.15, 0.2) is 46.9 Å². The lowest BCUT2D eigenvalue weighted by Crippen LogP contribution is -2.19. The number of aryl methyl sites for hydroxylation is 1. The average molecular weight is 353 g/mol. The Morgan fingerprint density at radius 3 is 2.50 bits per heavy atom. The third-order valence-electron chi connectivity index (χ3n) is 3.31. The maximum absolute atomic E-state index is 5.91. The zero-order valence-electron chi connectivity index (χ0n) is 11.8. The van der Waals surface area contributed by atoms with Crippen molar-refractivity contribution in [1.82, 2.24) is 0 Å². The van der Waals surface area contributed by atoms with Crippen molar-refractivity contribution < 1.29 is 0 Å². The van der Waals surface area contributed by atoms with E-state index in [4.69, 9.17) is 11.6 Å². The van der Waals surface area contributed by atoms with Gasteiger partial charge in [0.1, 0.15) is 0 Å². The molecule has 2 aromatic rings. The molecule has 0 aromatic heterocycles. The van der Waals surface area contributed by atoms with E-state index in [-0.39, 0.29) is 0 Å². The fourth-order valence-corrected chi connectivity index (χ4v) is 2.82. The molecule has 0 spiro atoms. The lowest BCUT2D eigenvalue weighted by atomic mass is 10.1. The summed E-state index contributed by atoms with van der Waals surface area (Å²) in [6, 6.07) is 14.8. The number of benzene rings is 2. The number of rotatable bonds is 5. The van der Waals surface area contributed by atoms with Crippen LogP contribution in [0.3, 0.4) is 0 Å². The highest BCUT2D eigenvalue weighted by Gasteiger charge is 2.07. The van der Waals surface area contributed by atoms with Gasteiger partial charge in [0, 0.05) is 21.2 Å². The van der Waals surface area contributed by atoms with E-state index in [0.29, 0.717) is 6.04 Å². The van der Waals surface area contributed by atoms with E-state index < -0.39 is 0 Å². The maximum atomic E-state index is 5.91. The number of nitrogens with one attached hydrogen (secondary N) is 1. The first-order valence-electron chi connectivity index (χ1n) is 6.88. The van der Waals surface area contributed by atoms with Crippen LogP contribution in [-0.2, 0) is 12.8 Å². The minimum absolute atomic E-state index is 0.377. The van der Waals surface area contributed by atoms with Gasteiger partial charge in [0.25, 0.3) is 0 Å². The van der Waals surface area contributed by atoms with E-state index in [1.54, 1.807) is 0 Å². The highest BCUT2D eigenvalue weighted by Crippen LogP contribution is 2.23.